The van der Waals surface area contributed by atoms with E-state index in [1.54, 1.807) is 12.3 Å². The molecule has 39 heavy (non-hydrogen) atoms. The van der Waals surface area contributed by atoms with E-state index >= 15 is 0 Å². The van der Waals surface area contributed by atoms with E-state index in [0.29, 0.717) is 19.6 Å². The molecular weight excluding hydrogens is 496 g/mol. The Morgan fingerprint density at radius 2 is 1.90 bits per heavy atom. The SMILES string of the molecule is C=C/C(=C\N=C)c1cccc(NC(=C)N2CCCN(C)c3ccc(N4CCCN(CC(C)(F)F)CC4)nc32)c1. The molecule has 3 heterocycles. The van der Waals surface area contributed by atoms with E-state index in [9.17, 15) is 8.78 Å². The summed E-state index contributed by atoms with van der Waals surface area (Å²) in [5.74, 6) is -0.273. The van der Waals surface area contributed by atoms with Crippen LogP contribution in [0.1, 0.15) is 25.3 Å². The van der Waals surface area contributed by atoms with Gasteiger partial charge < -0.3 is 20.0 Å². The van der Waals surface area contributed by atoms with Crippen LogP contribution in [0.15, 0.2) is 72.6 Å². The van der Waals surface area contributed by atoms with Gasteiger partial charge in [0.1, 0.15) is 11.6 Å². The van der Waals surface area contributed by atoms with Crippen molar-refractivity contribution in [1.82, 2.24) is 9.88 Å². The van der Waals surface area contributed by atoms with Crippen molar-refractivity contribution in [3.63, 3.8) is 0 Å². The maximum atomic E-state index is 13.6. The minimum Gasteiger partial charge on any atom is -0.372 e. The summed E-state index contributed by atoms with van der Waals surface area (Å²) in [5.41, 5.74) is 3.78. The average Bonchev–Trinajstić information content (AvgIpc) is 3.22. The fraction of sp³-hybridized carbons (Fsp3) is 0.400. The first-order valence-electron chi connectivity index (χ1n) is 13.4. The third-order valence-electron chi connectivity index (χ3n) is 7.06. The van der Waals surface area contributed by atoms with Crippen molar-refractivity contribution < 1.29 is 8.78 Å². The number of allylic oxidation sites excluding steroid dienone is 2. The lowest BCUT2D eigenvalue weighted by Gasteiger charge is -2.30. The lowest BCUT2D eigenvalue weighted by molar-refractivity contribution is -0.0127. The van der Waals surface area contributed by atoms with E-state index in [1.165, 1.54) is 0 Å². The summed E-state index contributed by atoms with van der Waals surface area (Å²) in [5, 5.41) is 3.47. The predicted molar refractivity (Wildman–Crippen MR) is 160 cm³/mol. The molecule has 2 aromatic rings. The molecule has 0 unspecified atom stereocenters. The van der Waals surface area contributed by atoms with Crippen LogP contribution in [0.4, 0.5) is 31.8 Å². The predicted octanol–water partition coefficient (Wildman–Crippen LogP) is 5.71. The second-order valence-electron chi connectivity index (χ2n) is 10.2. The fourth-order valence-corrected chi connectivity index (χ4v) is 5.16. The summed E-state index contributed by atoms with van der Waals surface area (Å²) in [6.07, 6.45) is 5.20. The Hall–Kier alpha value is -3.72. The number of hydrogen-bond donors (Lipinski definition) is 1. The molecule has 9 heteroatoms. The molecule has 2 aliphatic rings. The molecule has 0 spiro atoms. The fourth-order valence-electron chi connectivity index (χ4n) is 5.16. The summed E-state index contributed by atoms with van der Waals surface area (Å²) in [4.78, 5) is 17.4. The smallest absolute Gasteiger partial charge is 0.257 e. The minimum absolute atomic E-state index is 0.210. The third-order valence-corrected chi connectivity index (χ3v) is 7.06. The molecule has 2 aliphatic heterocycles. The summed E-state index contributed by atoms with van der Waals surface area (Å²) in [7, 11) is 2.08. The van der Waals surface area contributed by atoms with Gasteiger partial charge in [0.05, 0.1) is 12.2 Å². The molecule has 0 saturated carbocycles. The van der Waals surface area contributed by atoms with Gasteiger partial charge in [-0.1, -0.05) is 31.4 Å². The minimum atomic E-state index is -2.69. The molecule has 1 saturated heterocycles. The number of fused-ring (bicyclic) bond motifs is 1. The maximum absolute atomic E-state index is 13.6. The van der Waals surface area contributed by atoms with Crippen LogP contribution >= 0.6 is 0 Å². The Balaban J connectivity index is 1.57. The lowest BCUT2D eigenvalue weighted by atomic mass is 10.1. The van der Waals surface area contributed by atoms with Crippen molar-refractivity contribution in [2.24, 2.45) is 4.99 Å². The zero-order valence-corrected chi connectivity index (χ0v) is 23.0. The third kappa shape index (κ3) is 7.23. The van der Waals surface area contributed by atoms with Gasteiger partial charge in [0.15, 0.2) is 5.82 Å². The molecule has 0 bridgehead atoms. The highest BCUT2D eigenvalue weighted by Crippen LogP contribution is 2.34. The number of anilines is 4. The maximum Gasteiger partial charge on any atom is 0.257 e. The van der Waals surface area contributed by atoms with Gasteiger partial charge in [-0.2, -0.15) is 0 Å². The molecule has 0 aliphatic carbocycles. The number of aliphatic imine (C=N–C) groups is 1. The van der Waals surface area contributed by atoms with Crippen LogP contribution in [0.2, 0.25) is 0 Å². The van der Waals surface area contributed by atoms with Crippen LogP contribution in [-0.4, -0.2) is 75.4 Å². The van der Waals surface area contributed by atoms with Crippen LogP contribution < -0.4 is 20.0 Å². The van der Waals surface area contributed by atoms with Gasteiger partial charge in [-0.3, -0.25) is 9.89 Å². The van der Waals surface area contributed by atoms with Gasteiger partial charge in [-0.15, -0.1) is 0 Å². The topological polar surface area (TPSA) is 50.2 Å². The van der Waals surface area contributed by atoms with E-state index in [-0.39, 0.29) is 6.54 Å². The van der Waals surface area contributed by atoms with E-state index in [0.717, 1.165) is 79.4 Å². The number of benzene rings is 1. The highest BCUT2D eigenvalue weighted by atomic mass is 19.3. The monoisotopic (exact) mass is 535 g/mol. The van der Waals surface area contributed by atoms with E-state index < -0.39 is 5.92 Å². The van der Waals surface area contributed by atoms with Crippen LogP contribution in [-0.2, 0) is 0 Å². The second-order valence-corrected chi connectivity index (χ2v) is 10.2. The molecule has 1 fully saturated rings. The highest BCUT2D eigenvalue weighted by molar-refractivity contribution is 5.77. The van der Waals surface area contributed by atoms with Crippen molar-refractivity contribution in [3.05, 3.63) is 73.2 Å². The van der Waals surface area contributed by atoms with Crippen molar-refractivity contribution >= 4 is 35.3 Å². The average molecular weight is 536 g/mol. The van der Waals surface area contributed by atoms with Crippen molar-refractivity contribution in [2.75, 3.05) is 72.9 Å². The molecule has 7 nitrogen and oxygen atoms in total. The largest absolute Gasteiger partial charge is 0.372 e. The Labute approximate surface area is 230 Å². The van der Waals surface area contributed by atoms with Crippen molar-refractivity contribution in [3.8, 4) is 0 Å². The van der Waals surface area contributed by atoms with Gasteiger partial charge in [0.25, 0.3) is 5.92 Å². The molecule has 1 aromatic carbocycles. The van der Waals surface area contributed by atoms with Crippen LogP contribution in [0.3, 0.4) is 0 Å². The summed E-state index contributed by atoms with van der Waals surface area (Å²) >= 11 is 0. The number of nitrogens with one attached hydrogen (secondary N) is 1. The summed E-state index contributed by atoms with van der Waals surface area (Å²) in [6, 6.07) is 12.1. The van der Waals surface area contributed by atoms with Crippen LogP contribution in [0.25, 0.3) is 5.57 Å². The van der Waals surface area contributed by atoms with Gasteiger partial charge in [0.2, 0.25) is 0 Å². The van der Waals surface area contributed by atoms with Crippen LogP contribution in [0, 0.1) is 0 Å². The zero-order valence-electron chi connectivity index (χ0n) is 23.0. The number of aromatic nitrogens is 1. The Morgan fingerprint density at radius 3 is 2.64 bits per heavy atom. The second kappa shape index (κ2) is 12.4. The Kier molecular flexibility index (Phi) is 9.01. The number of hydrogen-bond acceptors (Lipinski definition) is 7. The lowest BCUT2D eigenvalue weighted by Crippen LogP contribution is -2.38. The molecule has 1 N–H and O–H groups in total. The van der Waals surface area contributed by atoms with E-state index in [2.05, 4.69) is 58.0 Å². The van der Waals surface area contributed by atoms with Crippen molar-refractivity contribution in [2.45, 2.75) is 25.7 Å². The number of nitrogens with zero attached hydrogens (tertiary/aromatic N) is 6. The van der Waals surface area contributed by atoms with Gasteiger partial charge in [-0.25, -0.2) is 13.8 Å². The first-order chi connectivity index (χ1) is 18.7. The van der Waals surface area contributed by atoms with E-state index in [4.69, 9.17) is 4.98 Å². The normalized spacial score (nSPS) is 17.2. The summed E-state index contributed by atoms with van der Waals surface area (Å²) < 4.78 is 27.2. The number of rotatable bonds is 9. The molecule has 4 rings (SSSR count). The number of alkyl halides is 2. The zero-order chi connectivity index (χ0) is 28.0. The van der Waals surface area contributed by atoms with Gasteiger partial charge in [0, 0.05) is 65.1 Å². The Morgan fingerprint density at radius 1 is 1.10 bits per heavy atom. The molecule has 0 radical (unpaired) electrons. The number of pyridine rings is 1. The first-order valence-corrected chi connectivity index (χ1v) is 13.4. The molecule has 0 amide bonds. The quantitative estimate of drug-likeness (QED) is 0.328. The van der Waals surface area contributed by atoms with Gasteiger partial charge >= 0.3 is 0 Å². The Bertz CT molecular complexity index is 1220. The van der Waals surface area contributed by atoms with Crippen LogP contribution in [0.5, 0.6) is 0 Å². The molecular formula is C30H39F2N7. The molecule has 208 valence electrons. The van der Waals surface area contributed by atoms with Gasteiger partial charge in [-0.05, 0) is 55.0 Å². The van der Waals surface area contributed by atoms with Crippen molar-refractivity contribution in [1.29, 1.82) is 0 Å². The molecule has 0 atom stereocenters. The standard InChI is InChI=1S/C30H39F2N7/c1-6-24(21-33-4)25-10-7-11-26(20-25)34-23(2)39-17-8-14-36(5)27-12-13-28(35-29(27)39)38-16-9-15-37(18-19-38)22-30(3,31)32/h6-7,10-13,20-21,34H,1-2,4,8-9,14-19,22H2,3,5H3/b24-21+. The summed E-state index contributed by atoms with van der Waals surface area (Å²) in [6.45, 7) is 16.9. The number of halogens is 2. The van der Waals surface area contributed by atoms with E-state index in [1.807, 2.05) is 35.2 Å². The highest BCUT2D eigenvalue weighted by Gasteiger charge is 2.28. The first kappa shape index (κ1) is 28.3. The molecule has 1 aromatic heterocycles.